The van der Waals surface area contributed by atoms with Gasteiger partial charge in [-0.2, -0.15) is 31.4 Å². The number of hydrogen-bond donors (Lipinski definition) is 5. The molecule has 0 radical (unpaired) electrons. The molecule has 2 bridgehead atoms. The molecule has 29 heteroatoms. The van der Waals surface area contributed by atoms with Gasteiger partial charge in [0.1, 0.15) is 29.6 Å². The maximum absolute atomic E-state index is 16.1. The van der Waals surface area contributed by atoms with Crippen LogP contribution in [0.25, 0.3) is 11.3 Å². The number of methoxy groups -OCH3 is 1. The fourth-order valence-corrected chi connectivity index (χ4v) is 9.64. The van der Waals surface area contributed by atoms with Crippen LogP contribution in [0.5, 0.6) is 0 Å². The normalized spacial score (nSPS) is 18.4. The maximum atomic E-state index is 16.1. The third kappa shape index (κ3) is 14.7. The van der Waals surface area contributed by atoms with E-state index < -0.39 is 121 Å². The third-order valence-electron chi connectivity index (χ3n) is 14.7. The second kappa shape index (κ2) is 25.5. The van der Waals surface area contributed by atoms with Gasteiger partial charge in [-0.3, -0.25) is 24.6 Å². The number of carbonyl (C=O) groups excluding carboxylic acids is 4. The molecule has 3 aliphatic heterocycles. The van der Waals surface area contributed by atoms with Crippen LogP contribution >= 0.6 is 0 Å². The predicted molar refractivity (Wildman–Crippen MR) is 272 cm³/mol. The van der Waals surface area contributed by atoms with Crippen molar-refractivity contribution in [1.29, 1.82) is 0 Å². The van der Waals surface area contributed by atoms with E-state index in [2.05, 4.69) is 46.8 Å². The number of alkyl halides is 8. The summed E-state index contributed by atoms with van der Waals surface area (Å²) in [7, 11) is 1.79. The van der Waals surface area contributed by atoms with Crippen LogP contribution in [-0.4, -0.2) is 167 Å². The lowest BCUT2D eigenvalue weighted by molar-refractivity contribution is -0.239. The van der Waals surface area contributed by atoms with Crippen LogP contribution in [0.2, 0.25) is 0 Å². The molecule has 3 aliphatic rings. The van der Waals surface area contributed by atoms with Crippen molar-refractivity contribution < 1.29 is 82.4 Å². The second-order valence-corrected chi connectivity index (χ2v) is 21.2. The van der Waals surface area contributed by atoms with Gasteiger partial charge in [0.25, 0.3) is 12.3 Å². The van der Waals surface area contributed by atoms with Crippen molar-refractivity contribution in [2.45, 2.75) is 121 Å². The van der Waals surface area contributed by atoms with Gasteiger partial charge in [0.15, 0.2) is 6.10 Å². The van der Waals surface area contributed by atoms with Crippen LogP contribution in [0, 0.1) is 34.3 Å². The van der Waals surface area contributed by atoms with Crippen LogP contribution in [0.4, 0.5) is 59.4 Å². The van der Waals surface area contributed by atoms with Gasteiger partial charge in [-0.15, -0.1) is 0 Å². The number of halogens is 10. The molecule has 3 fully saturated rings. The smallest absolute Gasteiger partial charge is 0.407 e. The number of nitrogens with zero attached hydrogens (tertiary/aromatic N) is 7. The lowest BCUT2D eigenvalue weighted by Crippen LogP contribution is -2.62. The minimum absolute atomic E-state index is 0.159. The summed E-state index contributed by atoms with van der Waals surface area (Å²) in [4.78, 5) is 66.7. The molecule has 19 nitrogen and oxygen atoms in total. The molecule has 0 spiro atoms. The van der Waals surface area contributed by atoms with Gasteiger partial charge >= 0.3 is 24.5 Å². The lowest BCUT2D eigenvalue weighted by Gasteiger charge is -2.47. The van der Waals surface area contributed by atoms with Gasteiger partial charge in [-0.05, 0) is 82.9 Å². The summed E-state index contributed by atoms with van der Waals surface area (Å²) in [6.07, 6.45) is -15.2. The summed E-state index contributed by atoms with van der Waals surface area (Å²) < 4.78 is 161. The molecule has 2 aromatic heterocycles. The summed E-state index contributed by atoms with van der Waals surface area (Å²) in [5, 5.41) is 22.5. The van der Waals surface area contributed by atoms with Crippen LogP contribution in [0.3, 0.4) is 0 Å². The van der Waals surface area contributed by atoms with E-state index in [1.54, 1.807) is 12.4 Å². The van der Waals surface area contributed by atoms with Gasteiger partial charge < -0.3 is 40.2 Å². The van der Waals surface area contributed by atoms with E-state index in [9.17, 15) is 59.4 Å². The summed E-state index contributed by atoms with van der Waals surface area (Å²) in [5.41, 5.74) is -4.39. The zero-order chi connectivity index (χ0) is 60.1. The average molecular weight is 1170 g/mol. The Kier molecular flexibility index (Phi) is 19.3. The van der Waals surface area contributed by atoms with E-state index >= 15 is 8.78 Å². The van der Waals surface area contributed by atoms with E-state index in [4.69, 9.17) is 9.47 Å². The first-order chi connectivity index (χ1) is 38.5. The molecular formula is C53H61F10N11O8. The molecule has 4 amide bonds. The van der Waals surface area contributed by atoms with E-state index in [1.165, 1.54) is 30.3 Å². The number of nitrogens with one attached hydrogen (secondary N) is 4. The standard InChI is InChI=1S/C53H61F10N11O8/c1-50(2,52(58,59)60)43(68-49(79)80-6)45(76)67-40(17-30-10-7-29(8-11-30)9-12-31-20-65-47(66-21-31)71-22-33-13-14-34(23-71)74(33)35-27-81-28-35)41(75)25-73(70-46(77)44(82-48(78)64-5)51(3,4)53(61,62)63)24-36-37(54)18-32(19-38(36)55)39-15-16-72(69-39)26-42(56)57/h7-8,10-11,15-16,18-21,33-35,40-44,75H,13-14,17,22-28H2,1-6H3,(H,64,78)(H,67,76)(H,68,79)(H,70,77)/t33-,34-,40-,41-,43+,44+/m0/s1. The van der Waals surface area contributed by atoms with Crippen molar-refractivity contribution in [3.8, 4) is 23.1 Å². The second-order valence-electron chi connectivity index (χ2n) is 21.2. The van der Waals surface area contributed by atoms with E-state index in [1.807, 2.05) is 16.1 Å². The Balaban J connectivity index is 1.18. The average Bonchev–Trinajstić information content (AvgIpc) is 3.27. The molecule has 4 aromatic rings. The number of benzene rings is 2. The Hall–Kier alpha value is -7.29. The highest BCUT2D eigenvalue weighted by Gasteiger charge is 2.58. The number of piperazine rings is 1. The van der Waals surface area contributed by atoms with Gasteiger partial charge in [-0.25, -0.2) is 42.1 Å². The SMILES string of the molecule is CNC(=O)O[C@H](C(=O)NN(Cc1c(F)cc(-c2ccn(CC(F)F)n2)cc1F)C[C@H](O)[C@H](Cc1ccc(C#Cc2cnc(N3C[C@@H]4CC[C@@H](C3)N4C3COC3)nc2)cc1)NC(=O)[C@@H](NC(=O)OC)C(C)(C)C(F)(F)F)C(C)(C)C(F)(F)F. The number of aliphatic hydroxyl groups is 1. The van der Waals surface area contributed by atoms with Crippen LogP contribution in [0.15, 0.2) is 61.1 Å². The van der Waals surface area contributed by atoms with Crippen LogP contribution in [0.1, 0.15) is 62.8 Å². The fraction of sp³-hybridized carbons (Fsp3) is 0.528. The molecule has 0 unspecified atom stereocenters. The highest BCUT2D eigenvalue weighted by molar-refractivity contribution is 5.87. The number of alkyl carbamates (subject to hydrolysis) is 2. The first-order valence-electron chi connectivity index (χ1n) is 25.7. The molecule has 0 saturated carbocycles. The molecule has 6 atom stereocenters. The summed E-state index contributed by atoms with van der Waals surface area (Å²) in [6, 6.07) is 5.57. The first kappa shape index (κ1) is 62.3. The number of aliphatic hydroxyl groups excluding tert-OH is 1. The zero-order valence-electron chi connectivity index (χ0n) is 45.2. The number of hydrazine groups is 1. The summed E-state index contributed by atoms with van der Waals surface area (Å²) in [6.45, 7) is 2.09. The molecule has 7 rings (SSSR count). The van der Waals surface area contributed by atoms with Crippen molar-refractivity contribution in [2.75, 3.05) is 51.9 Å². The number of fused-ring (bicyclic) bond motifs is 2. The largest absolute Gasteiger partial charge is 0.453 e. The molecule has 5 N–H and O–H groups in total. The van der Waals surface area contributed by atoms with Crippen LogP contribution < -0.4 is 26.3 Å². The molecule has 82 heavy (non-hydrogen) atoms. The van der Waals surface area contributed by atoms with Crippen molar-refractivity contribution >= 4 is 29.9 Å². The van der Waals surface area contributed by atoms with E-state index in [0.717, 1.165) is 76.3 Å². The highest BCUT2D eigenvalue weighted by atomic mass is 19.4. The summed E-state index contributed by atoms with van der Waals surface area (Å²) >= 11 is 0. The number of ether oxygens (including phenoxy) is 3. The van der Waals surface area contributed by atoms with Crippen molar-refractivity contribution in [3.63, 3.8) is 0 Å². The van der Waals surface area contributed by atoms with E-state index in [-0.39, 0.29) is 16.8 Å². The Morgan fingerprint density at radius 2 is 1.43 bits per heavy atom. The molecule has 0 aliphatic carbocycles. The Morgan fingerprint density at radius 1 is 0.829 bits per heavy atom. The van der Waals surface area contributed by atoms with Gasteiger partial charge in [-0.1, -0.05) is 24.0 Å². The quantitative estimate of drug-likeness (QED) is 0.0397. The van der Waals surface area contributed by atoms with Gasteiger partial charge in [0, 0.05) is 80.6 Å². The van der Waals surface area contributed by atoms with Crippen LogP contribution in [-0.2, 0) is 43.3 Å². The van der Waals surface area contributed by atoms with E-state index in [0.29, 0.717) is 67.9 Å². The maximum Gasteiger partial charge on any atom is 0.407 e. The molecular weight excluding hydrogens is 1110 g/mol. The number of hydrogen-bond acceptors (Lipinski definition) is 14. The zero-order valence-corrected chi connectivity index (χ0v) is 45.2. The number of rotatable bonds is 20. The van der Waals surface area contributed by atoms with Crippen molar-refractivity contribution in [1.82, 2.24) is 51.0 Å². The van der Waals surface area contributed by atoms with Crippen molar-refractivity contribution in [2.24, 2.45) is 10.8 Å². The monoisotopic (exact) mass is 1170 g/mol. The molecule has 446 valence electrons. The Bertz CT molecular complexity index is 2930. The third-order valence-corrected chi connectivity index (χ3v) is 14.7. The Morgan fingerprint density at radius 3 is 1.96 bits per heavy atom. The topological polar surface area (TPSA) is 218 Å². The fourth-order valence-electron chi connectivity index (χ4n) is 9.64. The van der Waals surface area contributed by atoms with Gasteiger partial charge in [0.05, 0.1) is 55.2 Å². The number of aromatic nitrogens is 4. The number of amides is 4. The lowest BCUT2D eigenvalue weighted by atomic mass is 9.82. The number of anilines is 1. The van der Waals surface area contributed by atoms with Crippen molar-refractivity contribution in [3.05, 3.63) is 94.9 Å². The van der Waals surface area contributed by atoms with Gasteiger partial charge in [0.2, 0.25) is 11.9 Å². The minimum atomic E-state index is -5.26. The number of carbonyl (C=O) groups is 4. The summed E-state index contributed by atoms with van der Waals surface area (Å²) in [5.74, 6) is 0.443. The molecule has 3 saturated heterocycles. The highest BCUT2D eigenvalue weighted by Crippen LogP contribution is 2.43. The first-order valence-corrected chi connectivity index (χ1v) is 25.7. The predicted octanol–water partition coefficient (Wildman–Crippen LogP) is 5.88. The molecule has 5 heterocycles. The Labute approximate surface area is 464 Å². The minimum Gasteiger partial charge on any atom is -0.453 e. The molecule has 2 aromatic carbocycles.